The molecule has 5 heteroatoms. The number of rotatable bonds is 4. The van der Waals surface area contributed by atoms with Gasteiger partial charge in [0.2, 0.25) is 0 Å². The molecule has 0 fully saturated rings. The van der Waals surface area contributed by atoms with Gasteiger partial charge in [-0.3, -0.25) is 0 Å². The number of benzene rings is 1. The van der Waals surface area contributed by atoms with Crippen LogP contribution in [-0.2, 0) is 6.61 Å². The van der Waals surface area contributed by atoms with Crippen LogP contribution >= 0.6 is 34.5 Å². The molecule has 0 spiro atoms. The zero-order chi connectivity index (χ0) is 14.4. The van der Waals surface area contributed by atoms with E-state index in [2.05, 4.69) is 11.8 Å². The normalized spacial score (nSPS) is 9.95. The molecule has 0 bridgehead atoms. The minimum Gasteiger partial charge on any atom is -0.488 e. The Balaban J connectivity index is 1.96. The van der Waals surface area contributed by atoms with E-state index >= 15 is 0 Å². The van der Waals surface area contributed by atoms with Crippen LogP contribution in [0.25, 0.3) is 0 Å². The lowest BCUT2D eigenvalue weighted by molar-refractivity contribution is 0.305. The highest BCUT2D eigenvalue weighted by Crippen LogP contribution is 2.25. The first-order valence-electron chi connectivity index (χ1n) is 5.93. The van der Waals surface area contributed by atoms with Crippen molar-refractivity contribution in [1.29, 1.82) is 0 Å². The predicted octanol–water partition coefficient (Wildman–Crippen LogP) is 4.37. The number of aliphatic hydroxyl groups is 1. The van der Waals surface area contributed by atoms with E-state index in [4.69, 9.17) is 33.0 Å². The Morgan fingerprint density at radius 1 is 1.15 bits per heavy atom. The van der Waals surface area contributed by atoms with Crippen molar-refractivity contribution in [2.24, 2.45) is 0 Å². The second-order valence-electron chi connectivity index (χ2n) is 3.97. The molecule has 0 saturated carbocycles. The smallest absolute Gasteiger partial charge is 0.122 e. The molecule has 1 aromatic heterocycles. The summed E-state index contributed by atoms with van der Waals surface area (Å²) in [7, 11) is 0. The van der Waals surface area contributed by atoms with Crippen LogP contribution in [0.3, 0.4) is 0 Å². The third-order valence-electron chi connectivity index (χ3n) is 2.34. The fourth-order valence-corrected chi connectivity index (χ4v) is 2.74. The third kappa shape index (κ3) is 4.73. The standard InChI is InChI=1S/C15H12Cl2O2S/c16-12-6-13(17)8-14(7-12)19-9-15-5-11(10-20-15)3-1-2-4-18/h5-8,10,18H,2,4,9H2. The van der Waals surface area contributed by atoms with Gasteiger partial charge in [-0.2, -0.15) is 0 Å². The maximum Gasteiger partial charge on any atom is 0.122 e. The maximum absolute atomic E-state index is 8.66. The molecule has 0 atom stereocenters. The molecular weight excluding hydrogens is 315 g/mol. The average molecular weight is 327 g/mol. The van der Waals surface area contributed by atoms with E-state index in [1.165, 1.54) is 0 Å². The lowest BCUT2D eigenvalue weighted by Gasteiger charge is -2.05. The maximum atomic E-state index is 8.66. The van der Waals surface area contributed by atoms with Crippen molar-refractivity contribution in [2.75, 3.05) is 6.61 Å². The summed E-state index contributed by atoms with van der Waals surface area (Å²) in [5.74, 6) is 6.51. The Bertz CT molecular complexity index is 621. The fraction of sp³-hybridized carbons (Fsp3) is 0.200. The van der Waals surface area contributed by atoms with E-state index in [-0.39, 0.29) is 6.61 Å². The van der Waals surface area contributed by atoms with Crippen LogP contribution in [0, 0.1) is 11.8 Å². The van der Waals surface area contributed by atoms with Gasteiger partial charge in [0, 0.05) is 32.3 Å². The lowest BCUT2D eigenvalue weighted by atomic mass is 10.3. The van der Waals surface area contributed by atoms with Crippen molar-refractivity contribution in [3.8, 4) is 17.6 Å². The Labute approximate surface area is 131 Å². The van der Waals surface area contributed by atoms with Crippen LogP contribution in [0.15, 0.2) is 29.6 Å². The summed E-state index contributed by atoms with van der Waals surface area (Å²) in [6.07, 6.45) is 0.489. The molecule has 2 nitrogen and oxygen atoms in total. The van der Waals surface area contributed by atoms with Gasteiger partial charge in [0.05, 0.1) is 6.61 Å². The average Bonchev–Trinajstić information content (AvgIpc) is 2.84. The summed E-state index contributed by atoms with van der Waals surface area (Å²) in [4.78, 5) is 1.06. The van der Waals surface area contributed by atoms with E-state index in [1.807, 2.05) is 11.4 Å². The van der Waals surface area contributed by atoms with E-state index in [0.717, 1.165) is 10.4 Å². The number of hydrogen-bond acceptors (Lipinski definition) is 3. The predicted molar refractivity (Wildman–Crippen MR) is 83.7 cm³/mol. The molecule has 0 unspecified atom stereocenters. The van der Waals surface area contributed by atoms with E-state index in [0.29, 0.717) is 28.8 Å². The van der Waals surface area contributed by atoms with Crippen molar-refractivity contribution < 1.29 is 9.84 Å². The zero-order valence-corrected chi connectivity index (χ0v) is 12.9. The minimum absolute atomic E-state index is 0.0859. The second-order valence-corrected chi connectivity index (χ2v) is 5.84. The van der Waals surface area contributed by atoms with Crippen molar-refractivity contribution in [3.05, 3.63) is 50.1 Å². The highest BCUT2D eigenvalue weighted by Gasteiger charge is 2.02. The van der Waals surface area contributed by atoms with Gasteiger partial charge < -0.3 is 9.84 Å². The quantitative estimate of drug-likeness (QED) is 0.845. The highest BCUT2D eigenvalue weighted by atomic mass is 35.5. The van der Waals surface area contributed by atoms with Gasteiger partial charge in [0.1, 0.15) is 12.4 Å². The Morgan fingerprint density at radius 3 is 2.60 bits per heavy atom. The molecule has 0 saturated heterocycles. The Morgan fingerprint density at radius 2 is 1.90 bits per heavy atom. The molecule has 1 heterocycles. The molecule has 0 aliphatic heterocycles. The molecule has 0 radical (unpaired) electrons. The Kier molecular flexibility index (Phi) is 5.75. The minimum atomic E-state index is 0.0859. The van der Waals surface area contributed by atoms with Crippen LogP contribution in [0.1, 0.15) is 16.9 Å². The van der Waals surface area contributed by atoms with Gasteiger partial charge in [0.15, 0.2) is 0 Å². The van der Waals surface area contributed by atoms with Gasteiger partial charge in [-0.25, -0.2) is 0 Å². The molecule has 2 aromatic rings. The summed E-state index contributed by atoms with van der Waals surface area (Å²) < 4.78 is 5.65. The molecular formula is C15H12Cl2O2S. The van der Waals surface area contributed by atoms with Gasteiger partial charge in [-0.15, -0.1) is 11.3 Å². The monoisotopic (exact) mass is 326 g/mol. The lowest BCUT2D eigenvalue weighted by Crippen LogP contribution is -1.92. The fourth-order valence-electron chi connectivity index (χ4n) is 1.51. The molecule has 0 aliphatic rings. The van der Waals surface area contributed by atoms with Gasteiger partial charge in [0.25, 0.3) is 0 Å². The SMILES string of the molecule is OCCC#Cc1csc(COc2cc(Cl)cc(Cl)c2)c1. The molecule has 1 aromatic carbocycles. The molecule has 0 amide bonds. The zero-order valence-electron chi connectivity index (χ0n) is 10.5. The number of aliphatic hydroxyl groups excluding tert-OH is 1. The van der Waals surface area contributed by atoms with Crippen LogP contribution in [0.2, 0.25) is 10.0 Å². The third-order valence-corrected chi connectivity index (χ3v) is 3.69. The summed E-state index contributed by atoms with van der Waals surface area (Å²) in [6.45, 7) is 0.533. The summed E-state index contributed by atoms with van der Waals surface area (Å²) in [6, 6.07) is 7.09. The summed E-state index contributed by atoms with van der Waals surface area (Å²) in [5.41, 5.74) is 0.936. The number of hydrogen-bond donors (Lipinski definition) is 1. The van der Waals surface area contributed by atoms with Crippen LogP contribution in [0.4, 0.5) is 0 Å². The topological polar surface area (TPSA) is 29.5 Å². The highest BCUT2D eigenvalue weighted by molar-refractivity contribution is 7.10. The first-order chi connectivity index (χ1) is 9.67. The summed E-state index contributed by atoms with van der Waals surface area (Å²) >= 11 is 13.4. The molecule has 104 valence electrons. The number of thiophene rings is 1. The van der Waals surface area contributed by atoms with Crippen molar-refractivity contribution in [1.82, 2.24) is 0 Å². The molecule has 20 heavy (non-hydrogen) atoms. The van der Waals surface area contributed by atoms with E-state index in [9.17, 15) is 0 Å². The van der Waals surface area contributed by atoms with Gasteiger partial charge in [-0.05, 0) is 24.3 Å². The second kappa shape index (κ2) is 7.56. The molecule has 1 N–H and O–H groups in total. The first-order valence-corrected chi connectivity index (χ1v) is 7.57. The summed E-state index contributed by atoms with van der Waals surface area (Å²) in [5, 5.41) is 11.7. The number of ether oxygens (including phenoxy) is 1. The van der Waals surface area contributed by atoms with E-state index in [1.54, 1.807) is 29.5 Å². The van der Waals surface area contributed by atoms with E-state index < -0.39 is 0 Å². The van der Waals surface area contributed by atoms with Crippen molar-refractivity contribution in [3.63, 3.8) is 0 Å². The largest absolute Gasteiger partial charge is 0.488 e. The first kappa shape index (κ1) is 15.2. The van der Waals surface area contributed by atoms with Gasteiger partial charge in [-0.1, -0.05) is 35.0 Å². The van der Waals surface area contributed by atoms with Gasteiger partial charge >= 0.3 is 0 Å². The molecule has 0 aliphatic carbocycles. The van der Waals surface area contributed by atoms with Crippen LogP contribution < -0.4 is 4.74 Å². The van der Waals surface area contributed by atoms with Crippen LogP contribution in [-0.4, -0.2) is 11.7 Å². The van der Waals surface area contributed by atoms with Crippen LogP contribution in [0.5, 0.6) is 5.75 Å². The van der Waals surface area contributed by atoms with Crippen molar-refractivity contribution in [2.45, 2.75) is 13.0 Å². The number of halogens is 2. The Hall–Kier alpha value is -1.18. The van der Waals surface area contributed by atoms with Crippen molar-refractivity contribution >= 4 is 34.5 Å². The molecule has 2 rings (SSSR count).